The van der Waals surface area contributed by atoms with E-state index in [2.05, 4.69) is 0 Å². The lowest BCUT2D eigenvalue weighted by atomic mass is 9.82. The molecule has 1 aromatic carbocycles. The fourth-order valence-electron chi connectivity index (χ4n) is 3.10. The van der Waals surface area contributed by atoms with E-state index in [-0.39, 0.29) is 19.4 Å². The Labute approximate surface area is 156 Å². The molecule has 0 aromatic heterocycles. The Morgan fingerprint density at radius 3 is 2.44 bits per heavy atom. The highest BCUT2D eigenvalue weighted by molar-refractivity contribution is 7.59. The Kier molecular flexibility index (Phi) is 7.29. The van der Waals surface area contributed by atoms with Gasteiger partial charge in [-0.2, -0.15) is 13.5 Å². The van der Waals surface area contributed by atoms with E-state index in [1.807, 2.05) is 37.3 Å². The molecule has 3 nitrogen and oxygen atoms in total. The summed E-state index contributed by atoms with van der Waals surface area (Å²) in [5.41, 5.74) is 0.397. The van der Waals surface area contributed by atoms with Crippen LogP contribution >= 0.6 is 13.5 Å². The Bertz CT molecular complexity index is 560. The molecule has 0 bridgehead atoms. The normalized spacial score (nSPS) is 21.2. The zero-order valence-corrected chi connectivity index (χ0v) is 16.4. The van der Waals surface area contributed by atoms with Crippen LogP contribution in [-0.2, 0) is 4.74 Å². The molecule has 1 unspecified atom stereocenters. The number of piperidine rings is 1. The predicted octanol–water partition coefficient (Wildman–Crippen LogP) is 5.19. The Balaban J connectivity index is 0.00000312. The van der Waals surface area contributed by atoms with Gasteiger partial charge in [0.25, 0.3) is 5.92 Å². The summed E-state index contributed by atoms with van der Waals surface area (Å²) in [5, 5.41) is 0. The van der Waals surface area contributed by atoms with Gasteiger partial charge < -0.3 is 9.64 Å². The number of hydrogen-bond acceptors (Lipinski definition) is 2. The third-order valence-electron chi connectivity index (χ3n) is 4.40. The standard InChI is InChI=1S/C19H27F2NO2.H2S/c1-14(15-8-6-5-7-9-15)12-16-10-11-22(13-19(16,20)21)17(23)24-18(2,3)4;/h5-9,14,16H,10-13H2,1-4H3;1H2/t14-,16?;/m1./s1. The molecular weight excluding hydrogens is 344 g/mol. The van der Waals surface area contributed by atoms with Crippen LogP contribution in [0.15, 0.2) is 30.3 Å². The van der Waals surface area contributed by atoms with Gasteiger partial charge in [-0.3, -0.25) is 0 Å². The number of halogens is 2. The second-order valence-corrected chi connectivity index (χ2v) is 7.70. The highest BCUT2D eigenvalue weighted by atomic mass is 32.1. The minimum absolute atomic E-state index is 0. The van der Waals surface area contributed by atoms with Crippen LogP contribution in [0.1, 0.15) is 52.0 Å². The quantitative estimate of drug-likeness (QED) is 0.730. The van der Waals surface area contributed by atoms with E-state index in [0.717, 1.165) is 10.5 Å². The lowest BCUT2D eigenvalue weighted by Gasteiger charge is -2.39. The number of amides is 1. The van der Waals surface area contributed by atoms with E-state index >= 15 is 0 Å². The fraction of sp³-hybridized carbons (Fsp3) is 0.632. The van der Waals surface area contributed by atoms with Gasteiger partial charge in [0, 0.05) is 12.5 Å². The lowest BCUT2D eigenvalue weighted by Crippen LogP contribution is -2.52. The first-order valence-corrected chi connectivity index (χ1v) is 8.49. The zero-order valence-electron chi connectivity index (χ0n) is 15.4. The van der Waals surface area contributed by atoms with Gasteiger partial charge in [0.15, 0.2) is 0 Å². The molecule has 6 heteroatoms. The van der Waals surface area contributed by atoms with Crippen molar-refractivity contribution in [1.82, 2.24) is 4.90 Å². The fourth-order valence-corrected chi connectivity index (χ4v) is 3.10. The second kappa shape index (κ2) is 8.39. The average molecular weight is 374 g/mol. The van der Waals surface area contributed by atoms with Crippen molar-refractivity contribution in [3.8, 4) is 0 Å². The number of nitrogens with zero attached hydrogens (tertiary/aromatic N) is 1. The minimum Gasteiger partial charge on any atom is -0.444 e. The first-order valence-electron chi connectivity index (χ1n) is 8.49. The second-order valence-electron chi connectivity index (χ2n) is 7.70. The molecule has 0 aliphatic carbocycles. The van der Waals surface area contributed by atoms with Gasteiger partial charge in [-0.25, -0.2) is 13.6 Å². The lowest BCUT2D eigenvalue weighted by molar-refractivity contribution is -0.113. The van der Waals surface area contributed by atoms with Gasteiger partial charge in [0.05, 0.1) is 6.54 Å². The van der Waals surface area contributed by atoms with Crippen molar-refractivity contribution in [2.75, 3.05) is 13.1 Å². The van der Waals surface area contributed by atoms with Crippen LogP contribution in [0.3, 0.4) is 0 Å². The summed E-state index contributed by atoms with van der Waals surface area (Å²) in [6, 6.07) is 9.71. The van der Waals surface area contributed by atoms with Gasteiger partial charge >= 0.3 is 6.09 Å². The van der Waals surface area contributed by atoms with E-state index in [1.54, 1.807) is 20.8 Å². The first-order chi connectivity index (χ1) is 11.1. The SMILES string of the molecule is C[C@H](CC1CCN(C(=O)OC(C)(C)C)CC1(F)F)c1ccccc1.S. The van der Waals surface area contributed by atoms with E-state index in [9.17, 15) is 13.6 Å². The molecule has 2 rings (SSSR count). The highest BCUT2D eigenvalue weighted by Crippen LogP contribution is 2.39. The first kappa shape index (κ1) is 21.7. The summed E-state index contributed by atoms with van der Waals surface area (Å²) in [6.07, 6.45) is 0.0551. The molecule has 1 aliphatic heterocycles. The number of rotatable bonds is 3. The van der Waals surface area contributed by atoms with Gasteiger partial charge in [-0.1, -0.05) is 37.3 Å². The summed E-state index contributed by atoms with van der Waals surface area (Å²) in [6.45, 7) is 6.93. The molecule has 1 aromatic rings. The van der Waals surface area contributed by atoms with Crippen molar-refractivity contribution in [1.29, 1.82) is 0 Å². The van der Waals surface area contributed by atoms with E-state index in [4.69, 9.17) is 4.74 Å². The third-order valence-corrected chi connectivity index (χ3v) is 4.40. The molecule has 0 saturated carbocycles. The number of carbonyl (C=O) groups is 1. The summed E-state index contributed by atoms with van der Waals surface area (Å²) in [5.74, 6) is -3.54. The number of carbonyl (C=O) groups excluding carboxylic acids is 1. The monoisotopic (exact) mass is 373 g/mol. The van der Waals surface area contributed by atoms with Crippen molar-refractivity contribution >= 4 is 19.6 Å². The predicted molar refractivity (Wildman–Crippen MR) is 101 cm³/mol. The molecule has 1 heterocycles. The van der Waals surface area contributed by atoms with E-state index in [1.165, 1.54) is 0 Å². The van der Waals surface area contributed by atoms with Crippen molar-refractivity contribution in [2.45, 2.75) is 58.0 Å². The maximum atomic E-state index is 14.5. The molecule has 1 amide bonds. The maximum Gasteiger partial charge on any atom is 0.410 e. The largest absolute Gasteiger partial charge is 0.444 e. The summed E-state index contributed by atoms with van der Waals surface area (Å²) < 4.78 is 34.3. The summed E-state index contributed by atoms with van der Waals surface area (Å²) in [7, 11) is 0. The van der Waals surface area contributed by atoms with Crippen molar-refractivity contribution in [3.05, 3.63) is 35.9 Å². The summed E-state index contributed by atoms with van der Waals surface area (Å²) >= 11 is 0. The smallest absolute Gasteiger partial charge is 0.410 e. The molecule has 0 spiro atoms. The van der Waals surface area contributed by atoms with Gasteiger partial charge in [-0.05, 0) is 45.1 Å². The van der Waals surface area contributed by atoms with Crippen molar-refractivity contribution in [2.24, 2.45) is 5.92 Å². The number of likely N-dealkylation sites (tertiary alicyclic amines) is 1. The maximum absolute atomic E-state index is 14.5. The van der Waals surface area contributed by atoms with Crippen LogP contribution in [0.25, 0.3) is 0 Å². The van der Waals surface area contributed by atoms with Crippen LogP contribution in [0.2, 0.25) is 0 Å². The molecule has 1 fully saturated rings. The van der Waals surface area contributed by atoms with Crippen LogP contribution in [-0.4, -0.2) is 35.6 Å². The minimum atomic E-state index is -2.89. The molecule has 0 radical (unpaired) electrons. The molecule has 142 valence electrons. The number of alkyl halides is 2. The average Bonchev–Trinajstić information content (AvgIpc) is 2.48. The van der Waals surface area contributed by atoms with Crippen LogP contribution in [0.4, 0.5) is 13.6 Å². The van der Waals surface area contributed by atoms with Crippen LogP contribution in [0.5, 0.6) is 0 Å². The number of benzene rings is 1. The van der Waals surface area contributed by atoms with Crippen molar-refractivity contribution < 1.29 is 18.3 Å². The Morgan fingerprint density at radius 1 is 1.32 bits per heavy atom. The molecule has 2 atom stereocenters. The molecular formula is C19H29F2NO2S. The molecule has 1 saturated heterocycles. The topological polar surface area (TPSA) is 29.5 Å². The van der Waals surface area contributed by atoms with Crippen LogP contribution in [0, 0.1) is 5.92 Å². The Morgan fingerprint density at radius 2 is 1.92 bits per heavy atom. The number of ether oxygens (including phenoxy) is 1. The van der Waals surface area contributed by atoms with E-state index in [0.29, 0.717) is 19.4 Å². The zero-order chi connectivity index (χ0) is 18.0. The van der Waals surface area contributed by atoms with Crippen LogP contribution < -0.4 is 0 Å². The van der Waals surface area contributed by atoms with Gasteiger partial charge in [0.2, 0.25) is 0 Å². The molecule has 0 N–H and O–H groups in total. The highest BCUT2D eigenvalue weighted by Gasteiger charge is 2.46. The van der Waals surface area contributed by atoms with E-state index < -0.39 is 30.1 Å². The molecule has 1 aliphatic rings. The van der Waals surface area contributed by atoms with Gasteiger partial charge in [0.1, 0.15) is 5.60 Å². The molecule has 25 heavy (non-hydrogen) atoms. The van der Waals surface area contributed by atoms with Gasteiger partial charge in [-0.15, -0.1) is 0 Å². The van der Waals surface area contributed by atoms with Crippen molar-refractivity contribution in [3.63, 3.8) is 0 Å². The Hall–Kier alpha value is -1.30. The number of hydrogen-bond donors (Lipinski definition) is 0. The summed E-state index contributed by atoms with van der Waals surface area (Å²) in [4.78, 5) is 13.2. The third kappa shape index (κ3) is 6.17.